The van der Waals surface area contributed by atoms with Crippen LogP contribution < -0.4 is 15.4 Å². The molecule has 1 aromatic heterocycles. The molecule has 150 valence electrons. The van der Waals surface area contributed by atoms with Gasteiger partial charge in [-0.3, -0.25) is 4.79 Å². The number of rotatable bonds is 8. The first kappa shape index (κ1) is 21.6. The van der Waals surface area contributed by atoms with Crippen LogP contribution in [0.5, 0.6) is 5.75 Å². The second kappa shape index (κ2) is 9.46. The van der Waals surface area contributed by atoms with Gasteiger partial charge in [0.05, 0.1) is 11.8 Å². The molecule has 0 saturated carbocycles. The van der Waals surface area contributed by atoms with E-state index in [0.717, 1.165) is 0 Å². The van der Waals surface area contributed by atoms with Gasteiger partial charge in [0.15, 0.2) is 0 Å². The number of hydrogen-bond acceptors (Lipinski definition) is 5. The van der Waals surface area contributed by atoms with Gasteiger partial charge in [0.1, 0.15) is 18.3 Å². The van der Waals surface area contributed by atoms with E-state index in [2.05, 4.69) is 15.4 Å². The molecule has 1 unspecified atom stereocenters. The van der Waals surface area contributed by atoms with E-state index in [9.17, 15) is 18.0 Å². The van der Waals surface area contributed by atoms with Crippen LogP contribution in [-0.2, 0) is 4.79 Å². The number of alkyl halides is 3. The Balaban J connectivity index is 2.32. The van der Waals surface area contributed by atoms with Gasteiger partial charge in [-0.25, -0.2) is 0 Å². The number of carbonyl (C=O) groups excluding carboxylic acids is 1. The Bertz CT molecular complexity index is 843. The lowest BCUT2D eigenvalue weighted by Gasteiger charge is -2.21. The fourth-order valence-electron chi connectivity index (χ4n) is 2.66. The molecular weight excluding hydrogens is 391 g/mol. The van der Waals surface area contributed by atoms with Crippen molar-refractivity contribution in [1.29, 1.82) is 5.26 Å². The number of nitriles is 1. The van der Waals surface area contributed by atoms with Gasteiger partial charge in [0, 0.05) is 21.9 Å². The molecule has 9 heteroatoms. The number of thiophene rings is 1. The zero-order valence-electron chi connectivity index (χ0n) is 15.3. The van der Waals surface area contributed by atoms with Crippen LogP contribution in [0.15, 0.2) is 35.0 Å². The largest absolute Gasteiger partial charge is 0.573 e. The minimum absolute atomic E-state index is 0.117. The number of hydrogen-bond donors (Lipinski definition) is 2. The quantitative estimate of drug-likeness (QED) is 0.613. The van der Waals surface area contributed by atoms with E-state index in [0.29, 0.717) is 17.7 Å². The Kier molecular flexibility index (Phi) is 7.29. The number of amides is 1. The van der Waals surface area contributed by atoms with Crippen molar-refractivity contribution < 1.29 is 22.7 Å². The highest BCUT2D eigenvalue weighted by Crippen LogP contribution is 2.39. The Hall–Kier alpha value is -2.73. The molecule has 2 N–H and O–H groups in total. The summed E-state index contributed by atoms with van der Waals surface area (Å²) < 4.78 is 42.3. The number of para-hydroxylation sites is 1. The normalized spacial score (nSPS) is 12.3. The molecule has 5 nitrogen and oxygen atoms in total. The lowest BCUT2D eigenvalue weighted by Crippen LogP contribution is -2.40. The smallest absolute Gasteiger partial charge is 0.405 e. The number of nitrogens with zero attached hydrogens (tertiary/aromatic N) is 1. The van der Waals surface area contributed by atoms with Crippen molar-refractivity contribution in [2.45, 2.75) is 32.7 Å². The van der Waals surface area contributed by atoms with E-state index in [1.54, 1.807) is 16.8 Å². The summed E-state index contributed by atoms with van der Waals surface area (Å²) in [5.74, 6) is -0.466. The highest BCUT2D eigenvalue weighted by atomic mass is 32.1. The number of benzene rings is 1. The van der Waals surface area contributed by atoms with Crippen LogP contribution in [0.3, 0.4) is 0 Å². The van der Waals surface area contributed by atoms with Crippen molar-refractivity contribution in [2.24, 2.45) is 5.92 Å². The molecule has 0 radical (unpaired) electrons. The molecule has 28 heavy (non-hydrogen) atoms. The lowest BCUT2D eigenvalue weighted by atomic mass is 10.0. The Morgan fingerprint density at radius 2 is 1.96 bits per heavy atom. The van der Waals surface area contributed by atoms with E-state index >= 15 is 0 Å². The third-order valence-electron chi connectivity index (χ3n) is 3.76. The van der Waals surface area contributed by atoms with Crippen LogP contribution >= 0.6 is 11.3 Å². The summed E-state index contributed by atoms with van der Waals surface area (Å²) >= 11 is 1.29. The molecule has 0 spiro atoms. The predicted molar refractivity (Wildman–Crippen MR) is 102 cm³/mol. The highest BCUT2D eigenvalue weighted by molar-refractivity contribution is 7.08. The van der Waals surface area contributed by atoms with Gasteiger partial charge < -0.3 is 15.4 Å². The molecule has 0 aliphatic carbocycles. The topological polar surface area (TPSA) is 74.2 Å². The molecular formula is C19H20F3N3O2S. The van der Waals surface area contributed by atoms with Crippen LogP contribution in [0.1, 0.15) is 20.3 Å². The van der Waals surface area contributed by atoms with E-state index in [4.69, 9.17) is 5.26 Å². The van der Waals surface area contributed by atoms with Crippen molar-refractivity contribution in [3.8, 4) is 22.9 Å². The first-order valence-electron chi connectivity index (χ1n) is 8.53. The van der Waals surface area contributed by atoms with Crippen molar-refractivity contribution in [1.82, 2.24) is 5.32 Å². The molecule has 1 atom stereocenters. The monoisotopic (exact) mass is 411 g/mol. The predicted octanol–water partition coefficient (Wildman–Crippen LogP) is 4.78. The van der Waals surface area contributed by atoms with Crippen LogP contribution in [0, 0.1) is 17.2 Å². The van der Waals surface area contributed by atoms with Crippen molar-refractivity contribution in [3.63, 3.8) is 0 Å². The van der Waals surface area contributed by atoms with Gasteiger partial charge in [0.2, 0.25) is 5.91 Å². The number of anilines is 1. The van der Waals surface area contributed by atoms with E-state index in [1.807, 2.05) is 19.9 Å². The van der Waals surface area contributed by atoms with E-state index in [1.165, 1.54) is 29.5 Å². The second-order valence-corrected chi connectivity index (χ2v) is 7.19. The first-order valence-corrected chi connectivity index (χ1v) is 9.48. The molecule has 1 aromatic carbocycles. The highest BCUT2D eigenvalue weighted by Gasteiger charge is 2.32. The maximum absolute atomic E-state index is 12.7. The fraction of sp³-hybridized carbons (Fsp3) is 0.368. The van der Waals surface area contributed by atoms with Gasteiger partial charge in [-0.05, 0) is 18.4 Å². The van der Waals surface area contributed by atoms with E-state index in [-0.39, 0.29) is 29.7 Å². The Morgan fingerprint density at radius 3 is 2.61 bits per heavy atom. The Morgan fingerprint density at radius 1 is 1.25 bits per heavy atom. The summed E-state index contributed by atoms with van der Waals surface area (Å²) in [6.07, 6.45) is -4.32. The third kappa shape index (κ3) is 6.16. The first-order chi connectivity index (χ1) is 13.2. The van der Waals surface area contributed by atoms with Crippen molar-refractivity contribution >= 4 is 22.9 Å². The molecule has 0 aliphatic heterocycles. The average Bonchev–Trinajstić information content (AvgIpc) is 3.05. The molecule has 2 aromatic rings. The van der Waals surface area contributed by atoms with Gasteiger partial charge >= 0.3 is 6.36 Å². The summed E-state index contributed by atoms with van der Waals surface area (Å²) in [6.45, 7) is 3.79. The summed E-state index contributed by atoms with van der Waals surface area (Å²) in [4.78, 5) is 12.4. The van der Waals surface area contributed by atoms with Gasteiger partial charge in [-0.1, -0.05) is 32.0 Å². The number of halogens is 3. The van der Waals surface area contributed by atoms with E-state index < -0.39 is 12.4 Å². The maximum Gasteiger partial charge on any atom is 0.573 e. The molecule has 0 fully saturated rings. The SMILES string of the molecule is CC(C)CC(Nc1cscc1-c1ccccc1OC(F)(F)F)C(=O)NCC#N. The molecule has 0 bridgehead atoms. The number of ether oxygens (including phenoxy) is 1. The summed E-state index contributed by atoms with van der Waals surface area (Å²) in [5.41, 5.74) is 1.30. The maximum atomic E-state index is 12.7. The minimum atomic E-state index is -4.81. The average molecular weight is 411 g/mol. The minimum Gasteiger partial charge on any atom is -0.405 e. The standard InChI is InChI=1S/C19H20F3N3O2S/c1-12(2)9-15(18(26)24-8-7-23)25-16-11-28-10-14(16)13-5-3-4-6-17(13)27-19(20,21)22/h3-6,10-12,15,25H,8-9H2,1-2H3,(H,24,26). The van der Waals surface area contributed by atoms with Gasteiger partial charge in [-0.2, -0.15) is 5.26 Å². The van der Waals surface area contributed by atoms with Crippen molar-refractivity contribution in [3.05, 3.63) is 35.0 Å². The van der Waals surface area contributed by atoms with Crippen LogP contribution in [-0.4, -0.2) is 24.9 Å². The molecule has 0 saturated heterocycles. The summed E-state index contributed by atoms with van der Waals surface area (Å²) in [5, 5.41) is 17.7. The van der Waals surface area contributed by atoms with Gasteiger partial charge in [-0.15, -0.1) is 24.5 Å². The molecule has 1 heterocycles. The summed E-state index contributed by atoms with van der Waals surface area (Å²) in [6, 6.07) is 7.07. The van der Waals surface area contributed by atoms with Crippen molar-refractivity contribution in [2.75, 3.05) is 11.9 Å². The van der Waals surface area contributed by atoms with Crippen LogP contribution in [0.4, 0.5) is 18.9 Å². The molecule has 0 aliphatic rings. The summed E-state index contributed by atoms with van der Waals surface area (Å²) in [7, 11) is 0. The Labute approximate surface area is 165 Å². The number of carbonyl (C=O) groups is 1. The zero-order chi connectivity index (χ0) is 20.7. The van der Waals surface area contributed by atoms with Crippen LogP contribution in [0.2, 0.25) is 0 Å². The zero-order valence-corrected chi connectivity index (χ0v) is 16.2. The molecule has 2 rings (SSSR count). The van der Waals surface area contributed by atoms with Gasteiger partial charge in [0.25, 0.3) is 0 Å². The third-order valence-corrected chi connectivity index (χ3v) is 4.50. The fourth-order valence-corrected chi connectivity index (χ4v) is 3.45. The number of nitrogens with one attached hydrogen (secondary N) is 2. The molecule has 1 amide bonds. The van der Waals surface area contributed by atoms with Crippen LogP contribution in [0.25, 0.3) is 11.1 Å². The lowest BCUT2D eigenvalue weighted by molar-refractivity contribution is -0.274. The second-order valence-electron chi connectivity index (χ2n) is 6.45.